The van der Waals surface area contributed by atoms with E-state index in [1.807, 2.05) is 6.07 Å². The van der Waals surface area contributed by atoms with Crippen LogP contribution in [-0.2, 0) is 0 Å². The van der Waals surface area contributed by atoms with E-state index in [9.17, 15) is 0 Å². The van der Waals surface area contributed by atoms with E-state index in [1.165, 1.54) is 0 Å². The summed E-state index contributed by atoms with van der Waals surface area (Å²) in [6.07, 6.45) is 4.97. The van der Waals surface area contributed by atoms with Crippen molar-refractivity contribution in [2.45, 2.75) is 32.2 Å². The first-order valence-electron chi connectivity index (χ1n) is 5.47. The normalized spacial score (nSPS) is 13.2. The van der Waals surface area contributed by atoms with Gasteiger partial charge in [-0.15, -0.1) is 0 Å². The van der Waals surface area contributed by atoms with E-state index in [-0.39, 0.29) is 6.04 Å². The van der Waals surface area contributed by atoms with Gasteiger partial charge in [-0.1, -0.05) is 19.8 Å². The van der Waals surface area contributed by atoms with Gasteiger partial charge in [0.1, 0.15) is 5.82 Å². The number of hydrogen-bond donors (Lipinski definition) is 2. The van der Waals surface area contributed by atoms with Gasteiger partial charge in [-0.2, -0.15) is 0 Å². The molecule has 0 radical (unpaired) electrons. The van der Waals surface area contributed by atoms with Crippen LogP contribution in [0.1, 0.15) is 38.1 Å². The van der Waals surface area contributed by atoms with Crippen molar-refractivity contribution in [3.8, 4) is 0 Å². The third kappa shape index (κ3) is 2.41. The minimum Gasteiger partial charge on any atom is -0.339 e. The predicted octanol–water partition coefficient (Wildman–Crippen LogP) is 2.91. The van der Waals surface area contributed by atoms with Crippen LogP contribution in [0.15, 0.2) is 16.7 Å². The molecule has 16 heavy (non-hydrogen) atoms. The molecular formula is C11H15BrN4. The zero-order valence-electron chi connectivity index (χ0n) is 9.20. The summed E-state index contributed by atoms with van der Waals surface area (Å²) in [6.45, 7) is 2.16. The summed E-state index contributed by atoms with van der Waals surface area (Å²) in [5.41, 5.74) is 7.70. The zero-order chi connectivity index (χ0) is 11.5. The van der Waals surface area contributed by atoms with Crippen molar-refractivity contribution in [3.05, 3.63) is 22.6 Å². The Morgan fingerprint density at radius 2 is 2.38 bits per heavy atom. The first-order valence-corrected chi connectivity index (χ1v) is 6.26. The summed E-state index contributed by atoms with van der Waals surface area (Å²) in [4.78, 5) is 11.8. The number of nitrogens with one attached hydrogen (secondary N) is 1. The van der Waals surface area contributed by atoms with Crippen LogP contribution in [0.25, 0.3) is 11.2 Å². The van der Waals surface area contributed by atoms with E-state index >= 15 is 0 Å². The maximum atomic E-state index is 6.05. The van der Waals surface area contributed by atoms with Crippen molar-refractivity contribution in [1.29, 1.82) is 0 Å². The second-order valence-electron chi connectivity index (χ2n) is 3.90. The molecule has 0 spiro atoms. The Morgan fingerprint density at radius 3 is 3.12 bits per heavy atom. The van der Waals surface area contributed by atoms with Crippen molar-refractivity contribution in [2.75, 3.05) is 0 Å². The molecule has 2 heterocycles. The molecule has 86 valence electrons. The molecule has 0 aliphatic carbocycles. The minimum absolute atomic E-state index is 0.0204. The fourth-order valence-corrected chi connectivity index (χ4v) is 1.96. The fraction of sp³-hybridized carbons (Fsp3) is 0.455. The van der Waals surface area contributed by atoms with Crippen LogP contribution in [0.2, 0.25) is 0 Å². The second-order valence-corrected chi connectivity index (χ2v) is 4.81. The molecule has 0 fully saturated rings. The van der Waals surface area contributed by atoms with Crippen LogP contribution in [-0.4, -0.2) is 15.0 Å². The molecule has 0 aliphatic heterocycles. The SMILES string of the molecule is CCCCC(N)c1nc2ncc(Br)cc2[nH]1. The summed E-state index contributed by atoms with van der Waals surface area (Å²) in [6, 6.07) is 1.94. The number of rotatable bonds is 4. The molecule has 5 heteroatoms. The topological polar surface area (TPSA) is 67.6 Å². The lowest BCUT2D eigenvalue weighted by atomic mass is 10.1. The number of nitrogens with two attached hydrogens (primary N) is 1. The molecule has 0 saturated heterocycles. The summed E-state index contributed by atoms with van der Waals surface area (Å²) in [7, 11) is 0. The number of pyridine rings is 1. The van der Waals surface area contributed by atoms with Crippen LogP contribution < -0.4 is 5.73 Å². The maximum absolute atomic E-state index is 6.05. The number of aromatic amines is 1. The maximum Gasteiger partial charge on any atom is 0.177 e. The Balaban J connectivity index is 2.25. The third-order valence-electron chi connectivity index (χ3n) is 2.54. The Labute approximate surface area is 103 Å². The van der Waals surface area contributed by atoms with Crippen molar-refractivity contribution >= 4 is 27.1 Å². The Hall–Kier alpha value is -0.940. The van der Waals surface area contributed by atoms with Gasteiger partial charge in [-0.25, -0.2) is 9.97 Å². The highest BCUT2D eigenvalue weighted by atomic mass is 79.9. The van der Waals surface area contributed by atoms with Gasteiger partial charge in [0.25, 0.3) is 0 Å². The van der Waals surface area contributed by atoms with Crippen molar-refractivity contribution in [2.24, 2.45) is 5.73 Å². The standard InChI is InChI=1S/C11H15BrN4/c1-2-3-4-8(13)10-15-9-5-7(12)6-14-11(9)16-10/h5-6,8H,2-4,13H2,1H3,(H,14,15,16). The van der Waals surface area contributed by atoms with Crippen molar-refractivity contribution in [3.63, 3.8) is 0 Å². The van der Waals surface area contributed by atoms with E-state index in [1.54, 1.807) is 6.20 Å². The molecule has 2 rings (SSSR count). The van der Waals surface area contributed by atoms with E-state index in [0.717, 1.165) is 40.7 Å². The number of unbranched alkanes of at least 4 members (excludes halogenated alkanes) is 1. The highest BCUT2D eigenvalue weighted by molar-refractivity contribution is 9.10. The van der Waals surface area contributed by atoms with Gasteiger partial charge in [0.05, 0.1) is 11.6 Å². The number of H-pyrrole nitrogens is 1. The Bertz CT molecular complexity index is 480. The van der Waals surface area contributed by atoms with Gasteiger partial charge in [-0.05, 0) is 28.4 Å². The molecule has 3 N–H and O–H groups in total. The van der Waals surface area contributed by atoms with Gasteiger partial charge < -0.3 is 10.7 Å². The van der Waals surface area contributed by atoms with Gasteiger partial charge in [0.15, 0.2) is 5.65 Å². The van der Waals surface area contributed by atoms with Crippen molar-refractivity contribution < 1.29 is 0 Å². The Kier molecular flexibility index (Phi) is 3.56. The molecule has 4 nitrogen and oxygen atoms in total. The number of halogens is 1. The van der Waals surface area contributed by atoms with Gasteiger partial charge in [0, 0.05) is 10.7 Å². The number of aromatic nitrogens is 3. The fourth-order valence-electron chi connectivity index (χ4n) is 1.63. The summed E-state index contributed by atoms with van der Waals surface area (Å²) in [5, 5.41) is 0. The molecule has 1 atom stereocenters. The second kappa shape index (κ2) is 4.93. The van der Waals surface area contributed by atoms with Crippen LogP contribution in [0, 0.1) is 0 Å². The molecule has 2 aromatic rings. The smallest absolute Gasteiger partial charge is 0.177 e. The van der Waals surface area contributed by atoms with Gasteiger partial charge in [-0.3, -0.25) is 0 Å². The van der Waals surface area contributed by atoms with Crippen LogP contribution in [0.4, 0.5) is 0 Å². The van der Waals surface area contributed by atoms with Gasteiger partial charge in [0.2, 0.25) is 0 Å². The zero-order valence-corrected chi connectivity index (χ0v) is 10.8. The molecule has 1 unspecified atom stereocenters. The Morgan fingerprint density at radius 1 is 1.56 bits per heavy atom. The summed E-state index contributed by atoms with van der Waals surface area (Å²) >= 11 is 3.38. The molecule has 0 aliphatic rings. The molecule has 0 amide bonds. The molecule has 0 aromatic carbocycles. The first-order chi connectivity index (χ1) is 7.70. The van der Waals surface area contributed by atoms with Crippen molar-refractivity contribution in [1.82, 2.24) is 15.0 Å². The lowest BCUT2D eigenvalue weighted by molar-refractivity contribution is 0.581. The van der Waals surface area contributed by atoms with E-state index in [4.69, 9.17) is 5.73 Å². The average molecular weight is 283 g/mol. The summed E-state index contributed by atoms with van der Waals surface area (Å²) in [5.74, 6) is 0.828. The minimum atomic E-state index is -0.0204. The molecule has 0 bridgehead atoms. The quantitative estimate of drug-likeness (QED) is 0.906. The van der Waals surface area contributed by atoms with E-state index < -0.39 is 0 Å². The highest BCUT2D eigenvalue weighted by Gasteiger charge is 2.11. The molecular weight excluding hydrogens is 268 g/mol. The molecule has 2 aromatic heterocycles. The van der Waals surface area contributed by atoms with Crippen LogP contribution in [0.3, 0.4) is 0 Å². The lowest BCUT2D eigenvalue weighted by Crippen LogP contribution is -2.11. The van der Waals surface area contributed by atoms with E-state index in [0.29, 0.717) is 0 Å². The first kappa shape index (κ1) is 11.5. The lowest BCUT2D eigenvalue weighted by Gasteiger charge is -2.06. The number of imidazole rings is 1. The van der Waals surface area contributed by atoms with Gasteiger partial charge >= 0.3 is 0 Å². The third-order valence-corrected chi connectivity index (χ3v) is 2.98. The highest BCUT2D eigenvalue weighted by Crippen LogP contribution is 2.19. The molecule has 0 saturated carbocycles. The monoisotopic (exact) mass is 282 g/mol. The number of fused-ring (bicyclic) bond motifs is 1. The number of nitrogens with zero attached hydrogens (tertiary/aromatic N) is 2. The average Bonchev–Trinajstić information content (AvgIpc) is 2.68. The van der Waals surface area contributed by atoms with Crippen LogP contribution in [0.5, 0.6) is 0 Å². The predicted molar refractivity (Wildman–Crippen MR) is 68.0 cm³/mol. The largest absolute Gasteiger partial charge is 0.339 e. The summed E-state index contributed by atoms with van der Waals surface area (Å²) < 4.78 is 0.942. The van der Waals surface area contributed by atoms with E-state index in [2.05, 4.69) is 37.8 Å². The van der Waals surface area contributed by atoms with Crippen LogP contribution >= 0.6 is 15.9 Å². The number of hydrogen-bond acceptors (Lipinski definition) is 3.